The van der Waals surface area contributed by atoms with Gasteiger partial charge in [-0.15, -0.1) is 0 Å². The normalized spacial score (nSPS) is 13.7. The fraction of sp³-hybridized carbons (Fsp3) is 0.794. The molecule has 0 bridgehead atoms. The maximum atomic E-state index is 12.2. The van der Waals surface area contributed by atoms with E-state index in [1.54, 1.807) is 6.08 Å². The van der Waals surface area contributed by atoms with Crippen LogP contribution in [0.5, 0.6) is 0 Å². The summed E-state index contributed by atoms with van der Waals surface area (Å²) in [7, 11) is 0. The Bertz CT molecular complexity index is 584. The van der Waals surface area contributed by atoms with Gasteiger partial charge >= 0.3 is 0 Å². The molecule has 0 aromatic carbocycles. The molecule has 0 saturated carbocycles. The second-order valence-corrected chi connectivity index (χ2v) is 10.9. The van der Waals surface area contributed by atoms with E-state index in [9.17, 15) is 15.0 Å². The Kier molecular flexibility index (Phi) is 29.1. The Hall–Kier alpha value is -1.39. The molecule has 222 valence electrons. The highest BCUT2D eigenvalue weighted by molar-refractivity contribution is 5.76. The average Bonchev–Trinajstić information content (AvgIpc) is 2.92. The van der Waals surface area contributed by atoms with E-state index in [1.165, 1.54) is 96.3 Å². The lowest BCUT2D eigenvalue weighted by molar-refractivity contribution is -0.123. The zero-order chi connectivity index (χ0) is 27.9. The first-order valence-corrected chi connectivity index (χ1v) is 16.2. The number of nitrogens with one attached hydrogen (secondary N) is 1. The number of carbonyl (C=O) groups is 1. The number of allylic oxidation sites excluding steroid dienone is 5. The smallest absolute Gasteiger partial charge is 0.220 e. The van der Waals surface area contributed by atoms with Gasteiger partial charge in [-0.25, -0.2) is 0 Å². The van der Waals surface area contributed by atoms with Crippen molar-refractivity contribution in [2.45, 2.75) is 167 Å². The molecule has 4 heteroatoms. The van der Waals surface area contributed by atoms with Crippen molar-refractivity contribution in [3.63, 3.8) is 0 Å². The highest BCUT2D eigenvalue weighted by Gasteiger charge is 2.17. The third-order valence-corrected chi connectivity index (χ3v) is 7.10. The molecule has 0 aromatic heterocycles. The summed E-state index contributed by atoms with van der Waals surface area (Å²) in [5, 5.41) is 22.7. The van der Waals surface area contributed by atoms with Crippen LogP contribution in [-0.4, -0.2) is 34.9 Å². The molecule has 0 aliphatic heterocycles. The summed E-state index contributed by atoms with van der Waals surface area (Å²) < 4.78 is 0. The van der Waals surface area contributed by atoms with Crippen molar-refractivity contribution in [3.8, 4) is 0 Å². The van der Waals surface area contributed by atoms with Crippen LogP contribution in [0.25, 0.3) is 0 Å². The molecule has 2 unspecified atom stereocenters. The van der Waals surface area contributed by atoms with Gasteiger partial charge in [0.15, 0.2) is 0 Å². The second kappa shape index (κ2) is 30.2. The number of amides is 1. The lowest BCUT2D eigenvalue weighted by Gasteiger charge is -2.19. The molecule has 0 aliphatic rings. The Labute approximate surface area is 236 Å². The Morgan fingerprint density at radius 2 is 1.03 bits per heavy atom. The van der Waals surface area contributed by atoms with E-state index in [0.29, 0.717) is 6.42 Å². The summed E-state index contributed by atoms with van der Waals surface area (Å²) in [6.45, 7) is 4.24. The highest BCUT2D eigenvalue weighted by atomic mass is 16.3. The SMILES string of the molecule is CCCCCC/C=C/CC/C=C/CC/C=C/C(O)C(CO)NC(=O)CCCCCCCCCCCCCC. The van der Waals surface area contributed by atoms with Gasteiger partial charge in [-0.3, -0.25) is 4.79 Å². The van der Waals surface area contributed by atoms with Gasteiger partial charge in [0, 0.05) is 6.42 Å². The number of hydrogen-bond donors (Lipinski definition) is 3. The molecule has 0 aliphatic carbocycles. The van der Waals surface area contributed by atoms with Gasteiger partial charge in [-0.05, 0) is 44.9 Å². The van der Waals surface area contributed by atoms with Crippen LogP contribution in [0.2, 0.25) is 0 Å². The summed E-state index contributed by atoms with van der Waals surface area (Å²) in [5.41, 5.74) is 0. The van der Waals surface area contributed by atoms with E-state index < -0.39 is 12.1 Å². The molecule has 0 fully saturated rings. The van der Waals surface area contributed by atoms with Crippen LogP contribution in [0, 0.1) is 0 Å². The van der Waals surface area contributed by atoms with Crippen LogP contribution >= 0.6 is 0 Å². The molecule has 0 aromatic rings. The number of unbranched alkanes of at least 4 members (excludes halogenated alkanes) is 17. The monoisotopic (exact) mass is 533 g/mol. The third kappa shape index (κ3) is 26.2. The second-order valence-electron chi connectivity index (χ2n) is 10.9. The minimum Gasteiger partial charge on any atom is -0.394 e. The molecule has 3 N–H and O–H groups in total. The van der Waals surface area contributed by atoms with E-state index in [1.807, 2.05) is 6.08 Å². The molecule has 1 amide bonds. The van der Waals surface area contributed by atoms with Gasteiger partial charge in [0.1, 0.15) is 0 Å². The largest absolute Gasteiger partial charge is 0.394 e. The zero-order valence-electron chi connectivity index (χ0n) is 25.2. The molecule has 0 heterocycles. The minimum absolute atomic E-state index is 0.0819. The topological polar surface area (TPSA) is 69.6 Å². The van der Waals surface area contributed by atoms with Crippen LogP contribution in [0.1, 0.15) is 155 Å². The fourth-order valence-electron chi connectivity index (χ4n) is 4.56. The number of carbonyl (C=O) groups excluding carboxylic acids is 1. The van der Waals surface area contributed by atoms with Crippen molar-refractivity contribution in [2.24, 2.45) is 0 Å². The third-order valence-electron chi connectivity index (χ3n) is 7.10. The van der Waals surface area contributed by atoms with Gasteiger partial charge in [-0.1, -0.05) is 140 Å². The van der Waals surface area contributed by atoms with Crippen LogP contribution in [0.15, 0.2) is 36.5 Å². The van der Waals surface area contributed by atoms with Crippen molar-refractivity contribution in [2.75, 3.05) is 6.61 Å². The summed E-state index contributed by atoms with van der Waals surface area (Å²) in [6, 6.07) is -0.639. The summed E-state index contributed by atoms with van der Waals surface area (Å²) in [4.78, 5) is 12.2. The molecule has 0 spiro atoms. The van der Waals surface area contributed by atoms with Gasteiger partial charge in [-0.2, -0.15) is 0 Å². The molecule has 4 nitrogen and oxygen atoms in total. The van der Waals surface area contributed by atoms with Crippen LogP contribution in [0.3, 0.4) is 0 Å². The van der Waals surface area contributed by atoms with Crippen molar-refractivity contribution in [1.29, 1.82) is 0 Å². The summed E-state index contributed by atoms with van der Waals surface area (Å²) in [6.07, 6.45) is 37.8. The molecule has 0 saturated heterocycles. The van der Waals surface area contributed by atoms with Crippen molar-refractivity contribution < 1.29 is 15.0 Å². The van der Waals surface area contributed by atoms with Crippen molar-refractivity contribution >= 4 is 5.91 Å². The van der Waals surface area contributed by atoms with Crippen LogP contribution in [0.4, 0.5) is 0 Å². The van der Waals surface area contributed by atoms with Gasteiger partial charge < -0.3 is 15.5 Å². The fourth-order valence-corrected chi connectivity index (χ4v) is 4.56. The maximum absolute atomic E-state index is 12.2. The molecule has 2 atom stereocenters. The van der Waals surface area contributed by atoms with Gasteiger partial charge in [0.05, 0.1) is 18.8 Å². The summed E-state index contributed by atoms with van der Waals surface area (Å²) in [5.74, 6) is -0.0819. The quantitative estimate of drug-likeness (QED) is 0.0693. The highest BCUT2D eigenvalue weighted by Crippen LogP contribution is 2.12. The predicted octanol–water partition coefficient (Wildman–Crippen LogP) is 9.12. The molecular weight excluding hydrogens is 470 g/mol. The summed E-state index contributed by atoms with van der Waals surface area (Å²) >= 11 is 0. The first kappa shape index (κ1) is 36.6. The zero-order valence-corrected chi connectivity index (χ0v) is 25.2. The Morgan fingerprint density at radius 3 is 1.53 bits per heavy atom. The van der Waals surface area contributed by atoms with Gasteiger partial charge in [0.2, 0.25) is 5.91 Å². The van der Waals surface area contributed by atoms with E-state index in [0.717, 1.165) is 38.5 Å². The molecule has 0 radical (unpaired) electrons. The first-order valence-electron chi connectivity index (χ1n) is 16.2. The number of hydrogen-bond acceptors (Lipinski definition) is 3. The lowest BCUT2D eigenvalue weighted by Crippen LogP contribution is -2.45. The molecular formula is C34H63NO3. The standard InChI is InChI=1S/C34H63NO3/c1-3-5-7-9-11-13-15-17-18-19-21-23-25-27-29-33(37)32(31-36)35-34(38)30-28-26-24-22-20-16-14-12-10-8-6-4-2/h13,15,19,21,27,29,32-33,36-37H,3-12,14,16-18,20,22-26,28,30-31H2,1-2H3,(H,35,38)/b15-13+,21-19+,29-27+. The Morgan fingerprint density at radius 1 is 0.605 bits per heavy atom. The first-order chi connectivity index (χ1) is 18.7. The molecule has 38 heavy (non-hydrogen) atoms. The van der Waals surface area contributed by atoms with E-state index in [2.05, 4.69) is 43.5 Å². The predicted molar refractivity (Wildman–Crippen MR) is 165 cm³/mol. The maximum Gasteiger partial charge on any atom is 0.220 e. The Balaban J connectivity index is 3.76. The number of aliphatic hydroxyl groups is 2. The van der Waals surface area contributed by atoms with Crippen LogP contribution < -0.4 is 5.32 Å². The average molecular weight is 534 g/mol. The minimum atomic E-state index is -0.864. The van der Waals surface area contributed by atoms with E-state index in [-0.39, 0.29) is 12.5 Å². The van der Waals surface area contributed by atoms with E-state index >= 15 is 0 Å². The molecule has 0 rings (SSSR count). The van der Waals surface area contributed by atoms with Gasteiger partial charge in [0.25, 0.3) is 0 Å². The van der Waals surface area contributed by atoms with Crippen LogP contribution in [-0.2, 0) is 4.79 Å². The number of aliphatic hydroxyl groups excluding tert-OH is 2. The lowest BCUT2D eigenvalue weighted by atomic mass is 10.0. The van der Waals surface area contributed by atoms with Crippen molar-refractivity contribution in [1.82, 2.24) is 5.32 Å². The number of rotatable bonds is 28. The van der Waals surface area contributed by atoms with E-state index in [4.69, 9.17) is 0 Å². The van der Waals surface area contributed by atoms with Crippen molar-refractivity contribution in [3.05, 3.63) is 36.5 Å².